The lowest BCUT2D eigenvalue weighted by Crippen LogP contribution is -2.27. The summed E-state index contributed by atoms with van der Waals surface area (Å²) < 4.78 is 2.24. The molecule has 1 heterocycles. The van der Waals surface area contributed by atoms with E-state index in [0.717, 1.165) is 4.47 Å². The molecule has 0 unspecified atom stereocenters. The minimum Gasteiger partial charge on any atom is -0.476 e. The fraction of sp³-hybridized carbons (Fsp3) is 0.154. The number of rotatable bonds is 3. The molecule has 0 aliphatic carbocycles. The maximum absolute atomic E-state index is 11.7. The van der Waals surface area contributed by atoms with Crippen molar-refractivity contribution < 1.29 is 14.7 Å². The molecule has 0 aliphatic heterocycles. The second-order valence-corrected chi connectivity index (χ2v) is 5.36. The molecule has 0 bridgehead atoms. The summed E-state index contributed by atoms with van der Waals surface area (Å²) in [6.45, 7) is 0. The van der Waals surface area contributed by atoms with Crippen molar-refractivity contribution in [3.8, 4) is 5.69 Å². The zero-order chi connectivity index (χ0) is 15.6. The van der Waals surface area contributed by atoms with Crippen LogP contribution < -0.4 is 5.32 Å². The van der Waals surface area contributed by atoms with Gasteiger partial charge in [-0.1, -0.05) is 22.0 Å². The lowest BCUT2D eigenvalue weighted by molar-refractivity contribution is 0.0691. The van der Waals surface area contributed by atoms with Gasteiger partial charge in [0.05, 0.1) is 17.6 Å². The number of carbonyl (C=O) groups is 2. The number of carbonyl (C=O) groups excluding carboxylic acids is 1. The number of benzene rings is 1. The third kappa shape index (κ3) is 3.40. The summed E-state index contributed by atoms with van der Waals surface area (Å²) in [5.74, 6) is -1.21. The number of urea groups is 1. The monoisotopic (exact) mass is 352 g/mol. The Morgan fingerprint density at radius 1 is 1.38 bits per heavy atom. The predicted molar refractivity (Wildman–Crippen MR) is 80.9 cm³/mol. The Morgan fingerprint density at radius 3 is 2.67 bits per heavy atom. The summed E-state index contributed by atoms with van der Waals surface area (Å²) >= 11 is 3.34. The van der Waals surface area contributed by atoms with Crippen molar-refractivity contribution in [2.45, 2.75) is 0 Å². The fourth-order valence-corrected chi connectivity index (χ4v) is 1.99. The average Bonchev–Trinajstić information content (AvgIpc) is 2.82. The Hall–Kier alpha value is -2.35. The van der Waals surface area contributed by atoms with Crippen LogP contribution in [0.3, 0.4) is 0 Å². The highest BCUT2D eigenvalue weighted by molar-refractivity contribution is 9.10. The van der Waals surface area contributed by atoms with E-state index in [1.165, 1.54) is 15.8 Å². The standard InChI is InChI=1S/C13H13BrN4O3/c1-17(2)13(21)15-10-7-18(16-11(10)12(19)20)9-5-3-4-8(14)6-9/h3-7H,1-2H3,(H,15,21)(H,19,20). The molecule has 0 aliphatic rings. The van der Waals surface area contributed by atoms with Gasteiger partial charge in [-0.15, -0.1) is 0 Å². The summed E-state index contributed by atoms with van der Waals surface area (Å²) in [6.07, 6.45) is 1.46. The zero-order valence-corrected chi connectivity index (χ0v) is 13.0. The number of nitrogens with zero attached hydrogens (tertiary/aromatic N) is 3. The fourth-order valence-electron chi connectivity index (χ4n) is 1.60. The Balaban J connectivity index is 2.42. The number of hydrogen-bond donors (Lipinski definition) is 2. The third-order valence-electron chi connectivity index (χ3n) is 2.64. The van der Waals surface area contributed by atoms with Crippen molar-refractivity contribution in [1.29, 1.82) is 0 Å². The van der Waals surface area contributed by atoms with E-state index in [4.69, 9.17) is 0 Å². The number of carboxylic acids is 1. The molecule has 0 fully saturated rings. The molecule has 2 aromatic rings. The highest BCUT2D eigenvalue weighted by Gasteiger charge is 2.19. The normalized spacial score (nSPS) is 10.2. The first-order valence-electron chi connectivity index (χ1n) is 5.95. The Labute approximate surface area is 129 Å². The molecule has 0 atom stereocenters. The molecule has 0 saturated heterocycles. The van der Waals surface area contributed by atoms with E-state index in [1.807, 2.05) is 6.07 Å². The number of aromatic carboxylic acids is 1. The predicted octanol–water partition coefficient (Wildman–Crippen LogP) is 2.43. The van der Waals surface area contributed by atoms with Crippen LogP contribution in [0, 0.1) is 0 Å². The van der Waals surface area contributed by atoms with Gasteiger partial charge in [0, 0.05) is 18.6 Å². The van der Waals surface area contributed by atoms with E-state index in [9.17, 15) is 14.7 Å². The molecular formula is C13H13BrN4O3. The van der Waals surface area contributed by atoms with Crippen molar-refractivity contribution in [3.63, 3.8) is 0 Å². The first kappa shape index (κ1) is 15.0. The van der Waals surface area contributed by atoms with Crippen LogP contribution in [0.2, 0.25) is 0 Å². The molecule has 2 N–H and O–H groups in total. The van der Waals surface area contributed by atoms with Gasteiger partial charge in [-0.25, -0.2) is 14.3 Å². The largest absolute Gasteiger partial charge is 0.476 e. The van der Waals surface area contributed by atoms with Crippen LogP contribution in [0.15, 0.2) is 34.9 Å². The van der Waals surface area contributed by atoms with Crippen LogP contribution in [-0.4, -0.2) is 45.9 Å². The molecule has 1 aromatic carbocycles. The third-order valence-corrected chi connectivity index (χ3v) is 3.13. The molecule has 2 rings (SSSR count). The minimum absolute atomic E-state index is 0.140. The van der Waals surface area contributed by atoms with Gasteiger partial charge in [0.15, 0.2) is 5.69 Å². The summed E-state index contributed by atoms with van der Waals surface area (Å²) in [4.78, 5) is 24.2. The van der Waals surface area contributed by atoms with Gasteiger partial charge in [-0.2, -0.15) is 5.10 Å². The Kier molecular flexibility index (Phi) is 4.27. The molecule has 7 nitrogen and oxygen atoms in total. The zero-order valence-electron chi connectivity index (χ0n) is 11.4. The molecule has 0 spiro atoms. The molecule has 0 saturated carbocycles. The number of carboxylic acid groups (broad SMARTS) is 1. The van der Waals surface area contributed by atoms with Crippen LogP contribution in [0.1, 0.15) is 10.5 Å². The molecule has 110 valence electrons. The first-order chi connectivity index (χ1) is 9.88. The van der Waals surface area contributed by atoms with E-state index in [-0.39, 0.29) is 11.4 Å². The van der Waals surface area contributed by atoms with Crippen molar-refractivity contribution in [1.82, 2.24) is 14.7 Å². The van der Waals surface area contributed by atoms with Crippen LogP contribution in [0.5, 0.6) is 0 Å². The SMILES string of the molecule is CN(C)C(=O)Nc1cn(-c2cccc(Br)c2)nc1C(=O)O. The molecule has 8 heteroatoms. The highest BCUT2D eigenvalue weighted by Crippen LogP contribution is 2.20. The summed E-state index contributed by atoms with van der Waals surface area (Å²) in [6, 6.07) is 6.79. The van der Waals surface area contributed by atoms with E-state index in [1.54, 1.807) is 32.3 Å². The van der Waals surface area contributed by atoms with E-state index in [0.29, 0.717) is 5.69 Å². The number of anilines is 1. The van der Waals surface area contributed by atoms with Crippen molar-refractivity contribution in [3.05, 3.63) is 40.6 Å². The first-order valence-corrected chi connectivity index (χ1v) is 6.75. The number of hydrogen-bond acceptors (Lipinski definition) is 3. The van der Waals surface area contributed by atoms with Crippen molar-refractivity contribution in [2.24, 2.45) is 0 Å². The van der Waals surface area contributed by atoms with E-state index >= 15 is 0 Å². The van der Waals surface area contributed by atoms with Crippen LogP contribution in [0.4, 0.5) is 10.5 Å². The average molecular weight is 353 g/mol. The van der Waals surface area contributed by atoms with Gasteiger partial charge >= 0.3 is 12.0 Å². The Morgan fingerprint density at radius 2 is 2.10 bits per heavy atom. The lowest BCUT2D eigenvalue weighted by Gasteiger charge is -2.10. The minimum atomic E-state index is -1.21. The van der Waals surface area contributed by atoms with Crippen molar-refractivity contribution in [2.75, 3.05) is 19.4 Å². The summed E-state index contributed by atoms with van der Waals surface area (Å²) in [5.41, 5.74) is 0.601. The highest BCUT2D eigenvalue weighted by atomic mass is 79.9. The van der Waals surface area contributed by atoms with Crippen LogP contribution in [0.25, 0.3) is 5.69 Å². The number of halogens is 1. The van der Waals surface area contributed by atoms with Gasteiger partial charge in [-0.05, 0) is 18.2 Å². The van der Waals surface area contributed by atoms with Gasteiger partial charge in [-0.3, -0.25) is 0 Å². The van der Waals surface area contributed by atoms with E-state index < -0.39 is 12.0 Å². The maximum atomic E-state index is 11.7. The smallest absolute Gasteiger partial charge is 0.358 e. The molecule has 2 amide bonds. The van der Waals surface area contributed by atoms with Crippen LogP contribution in [-0.2, 0) is 0 Å². The Bertz CT molecular complexity index is 696. The van der Waals surface area contributed by atoms with Gasteiger partial charge < -0.3 is 15.3 Å². The second-order valence-electron chi connectivity index (χ2n) is 4.45. The quantitative estimate of drug-likeness (QED) is 0.887. The second kappa shape index (κ2) is 5.96. The molecule has 21 heavy (non-hydrogen) atoms. The summed E-state index contributed by atoms with van der Waals surface area (Å²) in [5, 5.41) is 15.7. The van der Waals surface area contributed by atoms with Gasteiger partial charge in [0.1, 0.15) is 0 Å². The topological polar surface area (TPSA) is 87.5 Å². The maximum Gasteiger partial charge on any atom is 0.358 e. The lowest BCUT2D eigenvalue weighted by atomic mass is 10.3. The number of amides is 2. The number of nitrogens with one attached hydrogen (secondary N) is 1. The molecule has 0 radical (unpaired) electrons. The van der Waals surface area contributed by atoms with Crippen molar-refractivity contribution >= 4 is 33.6 Å². The van der Waals surface area contributed by atoms with Gasteiger partial charge in [0.25, 0.3) is 0 Å². The number of aromatic nitrogens is 2. The molecular weight excluding hydrogens is 340 g/mol. The van der Waals surface area contributed by atoms with Gasteiger partial charge in [0.2, 0.25) is 0 Å². The van der Waals surface area contributed by atoms with Crippen LogP contribution >= 0.6 is 15.9 Å². The van der Waals surface area contributed by atoms with E-state index in [2.05, 4.69) is 26.3 Å². The summed E-state index contributed by atoms with van der Waals surface area (Å²) in [7, 11) is 3.13. The molecule has 1 aromatic heterocycles.